The van der Waals surface area contributed by atoms with E-state index in [0.717, 1.165) is 22.0 Å². The fourth-order valence-electron chi connectivity index (χ4n) is 2.76. The lowest BCUT2D eigenvalue weighted by Crippen LogP contribution is -2.34. The molecule has 0 spiro atoms. The molecule has 1 aromatic heterocycles. The van der Waals surface area contributed by atoms with E-state index in [0.29, 0.717) is 0 Å². The monoisotopic (exact) mass is 397 g/mol. The molecule has 0 radical (unpaired) electrons. The zero-order chi connectivity index (χ0) is 20.0. The maximum atomic E-state index is 12.9. The number of aryl methyl sites for hydroxylation is 1. The van der Waals surface area contributed by atoms with Crippen molar-refractivity contribution >= 4 is 33.0 Å². The first-order chi connectivity index (χ1) is 12.6. The van der Waals surface area contributed by atoms with Gasteiger partial charge < -0.3 is 4.74 Å². The highest BCUT2D eigenvalue weighted by Crippen LogP contribution is 2.36. The third kappa shape index (κ3) is 3.65. The van der Waals surface area contributed by atoms with Gasteiger partial charge in [0.15, 0.2) is 5.90 Å². The van der Waals surface area contributed by atoms with E-state index in [1.165, 1.54) is 25.1 Å². The Balaban J connectivity index is 2.17. The molecule has 1 fully saturated rings. The summed E-state index contributed by atoms with van der Waals surface area (Å²) in [5.74, 6) is -0.314. The summed E-state index contributed by atoms with van der Waals surface area (Å²) in [4.78, 5) is 12.5. The van der Waals surface area contributed by atoms with Gasteiger partial charge in [0.25, 0.3) is 0 Å². The number of benzene rings is 1. The van der Waals surface area contributed by atoms with Crippen molar-refractivity contribution in [1.29, 1.82) is 10.8 Å². The average Bonchev–Trinajstić information content (AvgIpc) is 3.20. The SMILES string of the molecule is CC(=N)OC(=N)n1c(=O)n(CCF)c2ccc(S(=O)(=O)NC3(C)CC3)cc21. The van der Waals surface area contributed by atoms with Gasteiger partial charge in [-0.25, -0.2) is 26.9 Å². The maximum Gasteiger partial charge on any atom is 0.337 e. The van der Waals surface area contributed by atoms with Gasteiger partial charge >= 0.3 is 11.7 Å². The van der Waals surface area contributed by atoms with E-state index >= 15 is 0 Å². The van der Waals surface area contributed by atoms with Gasteiger partial charge in [-0.05, 0) is 38.0 Å². The Morgan fingerprint density at radius 3 is 2.56 bits per heavy atom. The molecule has 3 N–H and O–H groups in total. The van der Waals surface area contributed by atoms with E-state index in [1.807, 2.05) is 0 Å². The van der Waals surface area contributed by atoms with Crippen molar-refractivity contribution in [2.75, 3.05) is 6.67 Å². The average molecular weight is 397 g/mol. The number of imidazole rings is 1. The molecule has 0 bridgehead atoms. The fourth-order valence-corrected chi connectivity index (χ4v) is 4.25. The van der Waals surface area contributed by atoms with Gasteiger partial charge in [0.1, 0.15) is 6.67 Å². The summed E-state index contributed by atoms with van der Waals surface area (Å²) in [7, 11) is -3.83. The Bertz CT molecular complexity index is 1100. The van der Waals surface area contributed by atoms with Crippen LogP contribution in [-0.4, -0.2) is 41.7 Å². The smallest absolute Gasteiger partial charge is 0.337 e. The highest BCUT2D eigenvalue weighted by molar-refractivity contribution is 7.89. The molecule has 9 nitrogen and oxygen atoms in total. The number of hydrogen-bond acceptors (Lipinski definition) is 6. The predicted molar refractivity (Wildman–Crippen MR) is 97.7 cm³/mol. The van der Waals surface area contributed by atoms with Gasteiger partial charge in [0.05, 0.1) is 22.5 Å². The summed E-state index contributed by atoms with van der Waals surface area (Å²) in [5, 5.41) is 15.3. The molecule has 1 aliphatic carbocycles. The highest BCUT2D eigenvalue weighted by atomic mass is 32.2. The molecule has 0 saturated heterocycles. The summed E-state index contributed by atoms with van der Waals surface area (Å²) in [6, 6.07) is 3.32. The summed E-state index contributed by atoms with van der Waals surface area (Å²) in [6.07, 6.45) is 1.48. The molecule has 1 heterocycles. The third-order valence-electron chi connectivity index (χ3n) is 4.35. The van der Waals surface area contributed by atoms with Crippen molar-refractivity contribution in [3.63, 3.8) is 0 Å². The summed E-state index contributed by atoms with van der Waals surface area (Å²) < 4.78 is 47.5. The van der Waals surface area contributed by atoms with Crippen LogP contribution in [0.15, 0.2) is 27.9 Å². The lowest BCUT2D eigenvalue weighted by Gasteiger charge is -2.12. The molecule has 0 aliphatic heterocycles. The third-order valence-corrected chi connectivity index (χ3v) is 5.99. The van der Waals surface area contributed by atoms with Crippen LogP contribution in [0.1, 0.15) is 26.7 Å². The van der Waals surface area contributed by atoms with Crippen LogP contribution in [0.5, 0.6) is 0 Å². The molecule has 0 amide bonds. The minimum Gasteiger partial charge on any atom is -0.412 e. The Morgan fingerprint density at radius 2 is 2.00 bits per heavy atom. The molecule has 1 aromatic carbocycles. The van der Waals surface area contributed by atoms with Crippen LogP contribution in [0.3, 0.4) is 0 Å². The standard InChI is InChI=1S/C16H20FN5O4S/c1-10(18)26-14(19)22-13-9-11(27(24,25)20-16(2)5-6-16)3-4-12(13)21(8-7-17)15(22)23/h3-4,9,18-20H,5-8H2,1-2H3. The van der Waals surface area contributed by atoms with Crippen molar-refractivity contribution in [1.82, 2.24) is 13.9 Å². The second-order valence-corrected chi connectivity index (χ2v) is 8.42. The quantitative estimate of drug-likeness (QED) is 0.520. The maximum absolute atomic E-state index is 12.9. The predicted octanol–water partition coefficient (Wildman–Crippen LogP) is 1.40. The van der Waals surface area contributed by atoms with Crippen LogP contribution in [0.2, 0.25) is 0 Å². The Labute approximate surface area is 154 Å². The minimum absolute atomic E-state index is 0.0753. The van der Waals surface area contributed by atoms with Crippen LogP contribution in [0, 0.1) is 10.8 Å². The van der Waals surface area contributed by atoms with Gasteiger partial charge in [-0.3, -0.25) is 15.4 Å². The van der Waals surface area contributed by atoms with E-state index in [9.17, 15) is 17.6 Å². The first-order valence-electron chi connectivity index (χ1n) is 8.25. The molecule has 27 heavy (non-hydrogen) atoms. The molecule has 146 valence electrons. The topological polar surface area (TPSA) is 130 Å². The van der Waals surface area contributed by atoms with E-state index in [1.54, 1.807) is 6.92 Å². The van der Waals surface area contributed by atoms with Crippen LogP contribution >= 0.6 is 0 Å². The molecule has 0 atom stereocenters. The van der Waals surface area contributed by atoms with Crippen molar-refractivity contribution in [3.05, 3.63) is 28.7 Å². The number of sulfonamides is 1. The van der Waals surface area contributed by atoms with Gasteiger partial charge in [0.2, 0.25) is 10.0 Å². The lowest BCUT2D eigenvalue weighted by atomic mass is 10.3. The van der Waals surface area contributed by atoms with E-state index < -0.39 is 33.9 Å². The number of nitrogens with one attached hydrogen (secondary N) is 3. The molecule has 2 aromatic rings. The van der Waals surface area contributed by atoms with Crippen LogP contribution < -0.4 is 10.4 Å². The molecule has 11 heteroatoms. The van der Waals surface area contributed by atoms with Gasteiger partial charge in [-0.1, -0.05) is 0 Å². The van der Waals surface area contributed by atoms with Crippen molar-refractivity contribution in [3.8, 4) is 0 Å². The first-order valence-corrected chi connectivity index (χ1v) is 9.73. The van der Waals surface area contributed by atoms with Crippen molar-refractivity contribution in [2.45, 2.75) is 43.7 Å². The van der Waals surface area contributed by atoms with Crippen molar-refractivity contribution in [2.24, 2.45) is 0 Å². The van der Waals surface area contributed by atoms with E-state index in [2.05, 4.69) is 4.72 Å². The zero-order valence-corrected chi connectivity index (χ0v) is 15.7. The molecular formula is C16H20FN5O4S. The number of alkyl halides is 1. The molecule has 0 unspecified atom stereocenters. The Kier molecular flexibility index (Phi) is 4.68. The number of aromatic nitrogens is 2. The largest absolute Gasteiger partial charge is 0.412 e. The number of halogens is 1. The lowest BCUT2D eigenvalue weighted by molar-refractivity contribution is 0.442. The van der Waals surface area contributed by atoms with Gasteiger partial charge in [0, 0.05) is 12.5 Å². The summed E-state index contributed by atoms with van der Waals surface area (Å²) in [6.45, 7) is 2.03. The van der Waals surface area contributed by atoms with E-state index in [-0.39, 0.29) is 28.4 Å². The van der Waals surface area contributed by atoms with Gasteiger partial charge in [-0.15, -0.1) is 0 Å². The Morgan fingerprint density at radius 1 is 1.33 bits per heavy atom. The second-order valence-electron chi connectivity index (χ2n) is 6.74. The van der Waals surface area contributed by atoms with Gasteiger partial charge in [-0.2, -0.15) is 0 Å². The number of rotatable bonds is 5. The highest BCUT2D eigenvalue weighted by Gasteiger charge is 2.41. The fraction of sp³-hybridized carbons (Fsp3) is 0.438. The molecule has 3 rings (SSSR count). The molecular weight excluding hydrogens is 377 g/mol. The second kappa shape index (κ2) is 6.57. The van der Waals surface area contributed by atoms with Crippen LogP contribution in [0.4, 0.5) is 4.39 Å². The summed E-state index contributed by atoms with van der Waals surface area (Å²) >= 11 is 0. The van der Waals surface area contributed by atoms with Crippen LogP contribution in [0.25, 0.3) is 11.0 Å². The minimum atomic E-state index is -3.83. The first kappa shape index (κ1) is 19.2. The Hall–Kier alpha value is -2.53. The molecule has 1 aliphatic rings. The number of ether oxygens (including phenoxy) is 1. The zero-order valence-electron chi connectivity index (χ0n) is 14.9. The number of nitrogens with zero attached hydrogens (tertiary/aromatic N) is 2. The molecule has 1 saturated carbocycles. The number of hydrogen-bond donors (Lipinski definition) is 3. The normalized spacial score (nSPS) is 15.7. The number of fused-ring (bicyclic) bond motifs is 1. The van der Waals surface area contributed by atoms with Crippen molar-refractivity contribution < 1.29 is 17.5 Å². The van der Waals surface area contributed by atoms with Crippen LogP contribution in [-0.2, 0) is 21.3 Å². The van der Waals surface area contributed by atoms with E-state index in [4.69, 9.17) is 15.6 Å². The summed E-state index contributed by atoms with van der Waals surface area (Å²) in [5.41, 5.74) is -0.861.